The van der Waals surface area contributed by atoms with Crippen molar-refractivity contribution in [2.24, 2.45) is 5.92 Å². The summed E-state index contributed by atoms with van der Waals surface area (Å²) >= 11 is 0. The van der Waals surface area contributed by atoms with Crippen LogP contribution in [0.3, 0.4) is 0 Å². The van der Waals surface area contributed by atoms with Gasteiger partial charge in [-0.2, -0.15) is 0 Å². The average molecular weight is 417 g/mol. The maximum atomic E-state index is 12.2. The van der Waals surface area contributed by atoms with E-state index in [1.165, 1.54) is 6.42 Å². The summed E-state index contributed by atoms with van der Waals surface area (Å²) < 4.78 is 33.5. The van der Waals surface area contributed by atoms with Crippen LogP contribution in [0.25, 0.3) is 0 Å². The fourth-order valence-corrected chi connectivity index (χ4v) is 6.50. The molecule has 1 amide bonds. The molecule has 0 spiro atoms. The lowest BCUT2D eigenvalue weighted by Crippen LogP contribution is -2.59. The lowest BCUT2D eigenvalue weighted by Gasteiger charge is -2.48. The van der Waals surface area contributed by atoms with Crippen molar-refractivity contribution in [1.29, 1.82) is 0 Å². The number of hydrogen-bond acceptors (Lipinski definition) is 7. The SMILES string of the molecule is O=C(COC(=O)CC1CCS(=O)(=O)C1)NCC1(N2CCOCC2)CCCCC1. The summed E-state index contributed by atoms with van der Waals surface area (Å²) in [6.45, 7) is 3.47. The van der Waals surface area contributed by atoms with Gasteiger partial charge in [0, 0.05) is 31.6 Å². The number of amides is 1. The minimum absolute atomic E-state index is 0.0279. The zero-order chi connectivity index (χ0) is 20.0. The van der Waals surface area contributed by atoms with Gasteiger partial charge in [-0.25, -0.2) is 8.42 Å². The molecule has 0 bridgehead atoms. The van der Waals surface area contributed by atoms with E-state index in [9.17, 15) is 18.0 Å². The van der Waals surface area contributed by atoms with E-state index in [4.69, 9.17) is 9.47 Å². The Hall–Kier alpha value is -1.19. The van der Waals surface area contributed by atoms with Gasteiger partial charge < -0.3 is 14.8 Å². The maximum absolute atomic E-state index is 12.2. The van der Waals surface area contributed by atoms with Crippen molar-refractivity contribution in [1.82, 2.24) is 10.2 Å². The van der Waals surface area contributed by atoms with Gasteiger partial charge in [-0.3, -0.25) is 14.5 Å². The van der Waals surface area contributed by atoms with E-state index in [2.05, 4.69) is 10.2 Å². The number of carbonyl (C=O) groups is 2. The van der Waals surface area contributed by atoms with Crippen LogP contribution in [-0.4, -0.2) is 81.7 Å². The van der Waals surface area contributed by atoms with Crippen LogP contribution in [0.1, 0.15) is 44.9 Å². The second kappa shape index (κ2) is 9.54. The Morgan fingerprint density at radius 1 is 1.14 bits per heavy atom. The molecule has 3 fully saturated rings. The largest absolute Gasteiger partial charge is 0.456 e. The summed E-state index contributed by atoms with van der Waals surface area (Å²) in [6.07, 6.45) is 6.22. The molecule has 1 atom stereocenters. The summed E-state index contributed by atoms with van der Waals surface area (Å²) in [5.41, 5.74) is -0.0279. The molecule has 1 aliphatic carbocycles. The number of sulfone groups is 1. The molecule has 2 saturated heterocycles. The number of rotatable bonds is 7. The van der Waals surface area contributed by atoms with Gasteiger partial charge in [-0.15, -0.1) is 0 Å². The van der Waals surface area contributed by atoms with Crippen molar-refractivity contribution >= 4 is 21.7 Å². The van der Waals surface area contributed by atoms with Gasteiger partial charge >= 0.3 is 5.97 Å². The second-order valence-electron chi connectivity index (χ2n) is 8.30. The summed E-state index contributed by atoms with van der Waals surface area (Å²) in [7, 11) is -3.01. The summed E-state index contributed by atoms with van der Waals surface area (Å²) in [4.78, 5) is 26.6. The number of nitrogens with one attached hydrogen (secondary N) is 1. The molecule has 28 heavy (non-hydrogen) atoms. The molecule has 1 unspecified atom stereocenters. The minimum Gasteiger partial charge on any atom is -0.456 e. The van der Waals surface area contributed by atoms with E-state index in [1.807, 2.05) is 0 Å². The highest BCUT2D eigenvalue weighted by molar-refractivity contribution is 7.91. The van der Waals surface area contributed by atoms with Gasteiger partial charge in [0.05, 0.1) is 24.7 Å². The fourth-order valence-electron chi connectivity index (χ4n) is 4.64. The summed E-state index contributed by atoms with van der Waals surface area (Å²) in [5.74, 6) is -0.818. The highest BCUT2D eigenvalue weighted by atomic mass is 32.2. The monoisotopic (exact) mass is 416 g/mol. The summed E-state index contributed by atoms with van der Waals surface area (Å²) in [6, 6.07) is 0. The molecule has 0 radical (unpaired) electrons. The standard InChI is InChI=1S/C19H32N2O6S/c22-17(13-27-18(23)12-16-4-11-28(24,25)14-16)20-15-19(5-2-1-3-6-19)21-7-9-26-10-8-21/h16H,1-15H2,(H,20,22). The molecule has 2 aliphatic heterocycles. The van der Waals surface area contributed by atoms with Crippen LogP contribution in [0.2, 0.25) is 0 Å². The molecule has 3 rings (SSSR count). The molecule has 1 saturated carbocycles. The first-order valence-electron chi connectivity index (χ1n) is 10.3. The lowest BCUT2D eigenvalue weighted by molar-refractivity contribution is -0.149. The number of esters is 1. The molecular formula is C19H32N2O6S. The van der Waals surface area contributed by atoms with E-state index in [-0.39, 0.29) is 41.9 Å². The first-order chi connectivity index (χ1) is 13.4. The zero-order valence-corrected chi connectivity index (χ0v) is 17.3. The average Bonchev–Trinajstić information content (AvgIpc) is 3.04. The Morgan fingerprint density at radius 2 is 1.86 bits per heavy atom. The third-order valence-corrected chi connectivity index (χ3v) is 8.06. The number of carbonyl (C=O) groups excluding carboxylic acids is 2. The Morgan fingerprint density at radius 3 is 2.50 bits per heavy atom. The van der Waals surface area contributed by atoms with Crippen molar-refractivity contribution < 1.29 is 27.5 Å². The first kappa shape index (κ1) is 21.5. The number of nitrogens with zero attached hydrogens (tertiary/aromatic N) is 1. The molecular weight excluding hydrogens is 384 g/mol. The van der Waals surface area contributed by atoms with E-state index in [1.54, 1.807) is 0 Å². The van der Waals surface area contributed by atoms with Crippen LogP contribution in [0.4, 0.5) is 0 Å². The Kier molecular flexibility index (Phi) is 7.33. The normalized spacial score (nSPS) is 27.2. The maximum Gasteiger partial charge on any atom is 0.306 e. The molecule has 0 aromatic heterocycles. The fraction of sp³-hybridized carbons (Fsp3) is 0.895. The Labute approximate surface area is 167 Å². The number of morpholine rings is 1. The highest BCUT2D eigenvalue weighted by Gasteiger charge is 2.39. The molecule has 8 nitrogen and oxygen atoms in total. The van der Waals surface area contributed by atoms with Gasteiger partial charge in [0.15, 0.2) is 16.4 Å². The van der Waals surface area contributed by atoms with E-state index in [0.29, 0.717) is 13.0 Å². The van der Waals surface area contributed by atoms with Crippen molar-refractivity contribution in [3.8, 4) is 0 Å². The topological polar surface area (TPSA) is 102 Å². The number of hydrogen-bond donors (Lipinski definition) is 1. The van der Waals surface area contributed by atoms with Gasteiger partial charge in [0.1, 0.15) is 0 Å². The summed E-state index contributed by atoms with van der Waals surface area (Å²) in [5, 5.41) is 2.96. The van der Waals surface area contributed by atoms with Crippen molar-refractivity contribution in [3.63, 3.8) is 0 Å². The highest BCUT2D eigenvalue weighted by Crippen LogP contribution is 2.33. The van der Waals surface area contributed by atoms with Crippen LogP contribution in [-0.2, 0) is 28.9 Å². The molecule has 9 heteroatoms. The Bertz CT molecular complexity index is 653. The van der Waals surface area contributed by atoms with Crippen LogP contribution in [0, 0.1) is 5.92 Å². The van der Waals surface area contributed by atoms with Crippen molar-refractivity contribution in [3.05, 3.63) is 0 Å². The van der Waals surface area contributed by atoms with Crippen LogP contribution in [0.5, 0.6) is 0 Å². The first-order valence-corrected chi connectivity index (χ1v) is 12.2. The number of ether oxygens (including phenoxy) is 2. The molecule has 1 N–H and O–H groups in total. The van der Waals surface area contributed by atoms with Gasteiger partial charge in [-0.1, -0.05) is 19.3 Å². The molecule has 0 aromatic carbocycles. The van der Waals surface area contributed by atoms with Crippen LogP contribution in [0.15, 0.2) is 0 Å². The van der Waals surface area contributed by atoms with E-state index in [0.717, 1.165) is 52.0 Å². The van der Waals surface area contributed by atoms with Crippen molar-refractivity contribution in [2.45, 2.75) is 50.5 Å². The third kappa shape index (κ3) is 5.90. The smallest absolute Gasteiger partial charge is 0.306 e. The van der Waals surface area contributed by atoms with Gasteiger partial charge in [0.2, 0.25) is 0 Å². The zero-order valence-electron chi connectivity index (χ0n) is 16.5. The predicted octanol–water partition coefficient (Wildman–Crippen LogP) is 0.506. The molecule has 3 aliphatic rings. The molecule has 0 aromatic rings. The Balaban J connectivity index is 1.42. The minimum atomic E-state index is -3.01. The van der Waals surface area contributed by atoms with Gasteiger partial charge in [0.25, 0.3) is 5.91 Å². The van der Waals surface area contributed by atoms with E-state index < -0.39 is 15.8 Å². The van der Waals surface area contributed by atoms with Gasteiger partial charge in [-0.05, 0) is 25.2 Å². The second-order valence-corrected chi connectivity index (χ2v) is 10.5. The quantitative estimate of drug-likeness (QED) is 0.603. The molecule has 2 heterocycles. The predicted molar refractivity (Wildman–Crippen MR) is 104 cm³/mol. The van der Waals surface area contributed by atoms with Crippen molar-refractivity contribution in [2.75, 3.05) is 51.0 Å². The lowest BCUT2D eigenvalue weighted by atomic mass is 9.79. The van der Waals surface area contributed by atoms with Crippen LogP contribution < -0.4 is 5.32 Å². The third-order valence-electron chi connectivity index (χ3n) is 6.23. The van der Waals surface area contributed by atoms with Crippen LogP contribution >= 0.6 is 0 Å². The van der Waals surface area contributed by atoms with E-state index >= 15 is 0 Å². The molecule has 160 valence electrons.